The molecule has 1 atom stereocenters. The van der Waals surface area contributed by atoms with Crippen LogP contribution in [0.4, 0.5) is 0 Å². The van der Waals surface area contributed by atoms with Crippen LogP contribution in [0.15, 0.2) is 46.9 Å². The fourth-order valence-electron chi connectivity index (χ4n) is 2.14. The van der Waals surface area contributed by atoms with Crippen molar-refractivity contribution in [3.63, 3.8) is 0 Å². The van der Waals surface area contributed by atoms with Gasteiger partial charge in [-0.05, 0) is 86.9 Å². The Bertz CT molecular complexity index is 571. The Morgan fingerprint density at radius 3 is 2.50 bits per heavy atom. The maximum Gasteiger partial charge on any atom is 0.0551 e. The molecule has 1 nitrogen and oxygen atoms in total. The number of likely N-dealkylation sites (N-methyl/N-ethyl adjacent to an activating group) is 1. The summed E-state index contributed by atoms with van der Waals surface area (Å²) >= 11 is 12.0. The Morgan fingerprint density at radius 1 is 1.20 bits per heavy atom. The molecule has 4 heteroatoms. The highest BCUT2D eigenvalue weighted by Gasteiger charge is 2.12. The minimum Gasteiger partial charge on any atom is -0.310 e. The van der Waals surface area contributed by atoms with Gasteiger partial charge in [-0.3, -0.25) is 0 Å². The fraction of sp³-hybridized carbons (Fsp3) is 0.250. The van der Waals surface area contributed by atoms with Crippen LogP contribution in [-0.2, 0) is 6.42 Å². The lowest BCUT2D eigenvalue weighted by Crippen LogP contribution is -2.23. The molecule has 2 aromatic rings. The lowest BCUT2D eigenvalue weighted by atomic mass is 9.99. The predicted octanol–water partition coefficient (Wildman–Crippen LogP) is 5.60. The van der Waals surface area contributed by atoms with E-state index in [0.29, 0.717) is 0 Å². The zero-order valence-electron chi connectivity index (χ0n) is 11.2. The molecule has 0 saturated carbocycles. The summed E-state index contributed by atoms with van der Waals surface area (Å²) < 4.78 is 2.20. The van der Waals surface area contributed by atoms with E-state index in [1.165, 1.54) is 14.7 Å². The molecule has 1 N–H and O–H groups in total. The number of hydrogen-bond donors (Lipinski definition) is 1. The first-order chi connectivity index (χ1) is 9.60. The van der Waals surface area contributed by atoms with Crippen LogP contribution in [0, 0.1) is 3.57 Å². The van der Waals surface area contributed by atoms with Crippen molar-refractivity contribution in [3.8, 4) is 0 Å². The third-order valence-electron chi connectivity index (χ3n) is 3.15. The van der Waals surface area contributed by atoms with Crippen LogP contribution >= 0.6 is 50.1 Å². The van der Waals surface area contributed by atoms with Crippen LogP contribution in [0.1, 0.15) is 24.1 Å². The van der Waals surface area contributed by atoms with E-state index >= 15 is 0 Å². The summed E-state index contributed by atoms with van der Waals surface area (Å²) in [5.74, 6) is 0. The van der Waals surface area contributed by atoms with Crippen molar-refractivity contribution in [2.75, 3.05) is 6.54 Å². The van der Waals surface area contributed by atoms with Crippen LogP contribution in [0.3, 0.4) is 0 Å². The number of nitrogens with one attached hydrogen (secondary N) is 1. The summed E-state index contributed by atoms with van der Waals surface area (Å²) in [5.41, 5.74) is 2.55. The number of hydrogen-bond acceptors (Lipinski definition) is 1. The highest BCUT2D eigenvalue weighted by atomic mass is 127. The molecule has 0 aliphatic rings. The van der Waals surface area contributed by atoms with Crippen molar-refractivity contribution >= 4 is 50.1 Å². The molecule has 0 aromatic heterocycles. The minimum absolute atomic E-state index is 0.283. The SMILES string of the molecule is CCNC(Cc1ccc(I)cc1)c1ccc(Br)c(Cl)c1. The molecule has 0 radical (unpaired) electrons. The Morgan fingerprint density at radius 2 is 1.90 bits per heavy atom. The monoisotopic (exact) mass is 463 g/mol. The smallest absolute Gasteiger partial charge is 0.0551 e. The molecule has 106 valence electrons. The molecule has 2 rings (SSSR count). The summed E-state index contributed by atoms with van der Waals surface area (Å²) in [6.07, 6.45) is 0.961. The molecule has 0 aliphatic carbocycles. The van der Waals surface area contributed by atoms with Crippen molar-refractivity contribution in [3.05, 3.63) is 66.7 Å². The number of benzene rings is 2. The van der Waals surface area contributed by atoms with Crippen molar-refractivity contribution < 1.29 is 0 Å². The van der Waals surface area contributed by atoms with E-state index < -0.39 is 0 Å². The van der Waals surface area contributed by atoms with Crippen molar-refractivity contribution in [1.82, 2.24) is 5.32 Å². The first-order valence-corrected chi connectivity index (χ1v) is 8.78. The molecular formula is C16H16BrClIN. The lowest BCUT2D eigenvalue weighted by Gasteiger charge is -2.19. The van der Waals surface area contributed by atoms with Crippen molar-refractivity contribution in [1.29, 1.82) is 0 Å². The third kappa shape index (κ3) is 4.45. The fourth-order valence-corrected chi connectivity index (χ4v) is 2.93. The first-order valence-electron chi connectivity index (χ1n) is 6.53. The third-order valence-corrected chi connectivity index (χ3v) is 5.10. The Kier molecular flexibility index (Phi) is 6.33. The average Bonchev–Trinajstić information content (AvgIpc) is 2.44. The zero-order chi connectivity index (χ0) is 14.5. The van der Waals surface area contributed by atoms with Gasteiger partial charge in [0.2, 0.25) is 0 Å². The van der Waals surface area contributed by atoms with E-state index in [0.717, 1.165) is 22.5 Å². The van der Waals surface area contributed by atoms with Crippen molar-refractivity contribution in [2.24, 2.45) is 0 Å². The molecule has 0 bridgehead atoms. The quantitative estimate of drug-likeness (QED) is 0.568. The van der Waals surface area contributed by atoms with Crippen LogP contribution in [-0.4, -0.2) is 6.54 Å². The van der Waals surface area contributed by atoms with E-state index in [1.807, 2.05) is 12.1 Å². The highest BCUT2D eigenvalue weighted by Crippen LogP contribution is 2.27. The summed E-state index contributed by atoms with van der Waals surface area (Å²) in [6.45, 7) is 3.06. The van der Waals surface area contributed by atoms with Crippen LogP contribution in [0.2, 0.25) is 5.02 Å². The number of halogens is 3. The molecular weight excluding hydrogens is 448 g/mol. The van der Waals surface area contributed by atoms with E-state index in [9.17, 15) is 0 Å². The summed E-state index contributed by atoms with van der Waals surface area (Å²) in [6, 6.07) is 15.1. The van der Waals surface area contributed by atoms with Gasteiger partial charge in [-0.25, -0.2) is 0 Å². The molecule has 0 amide bonds. The Hall–Kier alpha value is -0.100. The first kappa shape index (κ1) is 16.3. The van der Waals surface area contributed by atoms with E-state index in [4.69, 9.17) is 11.6 Å². The Balaban J connectivity index is 2.21. The van der Waals surface area contributed by atoms with Gasteiger partial charge in [-0.15, -0.1) is 0 Å². The van der Waals surface area contributed by atoms with E-state index in [2.05, 4.69) is 81.1 Å². The average molecular weight is 465 g/mol. The molecule has 0 fully saturated rings. The van der Waals surface area contributed by atoms with E-state index in [1.54, 1.807) is 0 Å². The molecule has 2 aromatic carbocycles. The predicted molar refractivity (Wildman–Crippen MR) is 98.4 cm³/mol. The molecule has 0 aliphatic heterocycles. The summed E-state index contributed by atoms with van der Waals surface area (Å²) in [5, 5.41) is 4.29. The second-order valence-corrected chi connectivity index (χ2v) is 7.12. The van der Waals surface area contributed by atoms with Gasteiger partial charge in [0.05, 0.1) is 5.02 Å². The normalized spacial score (nSPS) is 12.4. The van der Waals surface area contributed by atoms with Gasteiger partial charge >= 0.3 is 0 Å². The van der Waals surface area contributed by atoms with Gasteiger partial charge in [0, 0.05) is 14.1 Å². The molecule has 20 heavy (non-hydrogen) atoms. The topological polar surface area (TPSA) is 12.0 Å². The van der Waals surface area contributed by atoms with Gasteiger partial charge in [0.25, 0.3) is 0 Å². The Labute approximate surface area is 147 Å². The van der Waals surface area contributed by atoms with E-state index in [-0.39, 0.29) is 6.04 Å². The molecule has 0 spiro atoms. The van der Waals surface area contributed by atoms with Gasteiger partial charge in [0.15, 0.2) is 0 Å². The lowest BCUT2D eigenvalue weighted by molar-refractivity contribution is 0.550. The van der Waals surface area contributed by atoms with Crippen molar-refractivity contribution in [2.45, 2.75) is 19.4 Å². The number of rotatable bonds is 5. The second-order valence-electron chi connectivity index (χ2n) is 4.61. The molecule has 0 saturated heterocycles. The van der Waals surface area contributed by atoms with Gasteiger partial charge in [0.1, 0.15) is 0 Å². The second kappa shape index (κ2) is 7.78. The summed E-state index contributed by atoms with van der Waals surface area (Å²) in [4.78, 5) is 0. The maximum atomic E-state index is 6.21. The molecule has 1 unspecified atom stereocenters. The van der Waals surface area contributed by atoms with Crippen LogP contribution in [0.25, 0.3) is 0 Å². The highest BCUT2D eigenvalue weighted by molar-refractivity contribution is 14.1. The van der Waals surface area contributed by atoms with Gasteiger partial charge in [-0.1, -0.05) is 36.7 Å². The zero-order valence-corrected chi connectivity index (χ0v) is 15.7. The van der Waals surface area contributed by atoms with Gasteiger partial charge in [-0.2, -0.15) is 0 Å². The maximum absolute atomic E-state index is 6.21. The van der Waals surface area contributed by atoms with Crippen LogP contribution < -0.4 is 5.32 Å². The standard InChI is InChI=1S/C16H16BrClIN/c1-2-20-16(9-11-3-6-13(19)7-4-11)12-5-8-14(17)15(18)10-12/h3-8,10,16,20H,2,9H2,1H3. The summed E-state index contributed by atoms with van der Waals surface area (Å²) in [7, 11) is 0. The minimum atomic E-state index is 0.283. The largest absolute Gasteiger partial charge is 0.310 e. The van der Waals surface area contributed by atoms with Gasteiger partial charge < -0.3 is 5.32 Å². The van der Waals surface area contributed by atoms with Crippen LogP contribution in [0.5, 0.6) is 0 Å². The molecule has 0 heterocycles.